The third kappa shape index (κ3) is 3.18. The Bertz CT molecular complexity index is 745. The number of hydrogen-bond donors (Lipinski definition) is 2. The highest BCUT2D eigenvalue weighted by Crippen LogP contribution is 2.37. The van der Waals surface area contributed by atoms with Crippen molar-refractivity contribution in [2.75, 3.05) is 13.7 Å². The van der Waals surface area contributed by atoms with E-state index in [9.17, 15) is 0 Å². The van der Waals surface area contributed by atoms with Crippen molar-refractivity contribution in [3.05, 3.63) is 29.5 Å². The van der Waals surface area contributed by atoms with E-state index in [0.717, 1.165) is 18.7 Å². The molecule has 0 amide bonds. The Kier molecular flexibility index (Phi) is 4.74. The minimum atomic E-state index is 0.391. The first-order chi connectivity index (χ1) is 12.2. The number of ether oxygens (including phenoxy) is 1. The number of aryl methyl sites for hydroxylation is 1. The van der Waals surface area contributed by atoms with Crippen LogP contribution in [0.4, 0.5) is 0 Å². The van der Waals surface area contributed by atoms with Gasteiger partial charge in [0.05, 0.1) is 7.11 Å². The number of methoxy groups -OCH3 is 1. The first-order valence-corrected chi connectivity index (χ1v) is 9.86. The molecule has 0 radical (unpaired) electrons. The van der Waals surface area contributed by atoms with Gasteiger partial charge in [-0.15, -0.1) is 0 Å². The molecule has 2 aliphatic heterocycles. The third-order valence-corrected chi connectivity index (χ3v) is 6.00. The summed E-state index contributed by atoms with van der Waals surface area (Å²) < 4.78 is 8.09. The van der Waals surface area contributed by atoms with Gasteiger partial charge in [-0.3, -0.25) is 0 Å². The minimum absolute atomic E-state index is 0.391. The molecule has 4 rings (SSSR count). The van der Waals surface area contributed by atoms with E-state index >= 15 is 0 Å². The highest BCUT2D eigenvalue weighted by molar-refractivity contribution is 5.87. The zero-order chi connectivity index (χ0) is 17.4. The molecule has 4 heteroatoms. The van der Waals surface area contributed by atoms with E-state index in [1.807, 2.05) is 0 Å². The van der Waals surface area contributed by atoms with Gasteiger partial charge in [-0.05, 0) is 63.4 Å². The summed E-state index contributed by atoms with van der Waals surface area (Å²) in [7, 11) is 1.75. The maximum atomic E-state index is 5.49. The van der Waals surface area contributed by atoms with E-state index < -0.39 is 0 Å². The first kappa shape index (κ1) is 16.9. The van der Waals surface area contributed by atoms with E-state index in [1.54, 1.807) is 7.11 Å². The van der Waals surface area contributed by atoms with Crippen LogP contribution in [0.25, 0.3) is 10.9 Å². The van der Waals surface area contributed by atoms with Gasteiger partial charge in [0.15, 0.2) is 0 Å². The SMILES string of the molecule is COc1ccc2c(c1)c1c(n2CCC2CCCCN2)CC(C)NC1C. The van der Waals surface area contributed by atoms with Gasteiger partial charge < -0.3 is 19.9 Å². The molecule has 1 aromatic carbocycles. The third-order valence-electron chi connectivity index (χ3n) is 6.00. The minimum Gasteiger partial charge on any atom is -0.497 e. The second-order valence-corrected chi connectivity index (χ2v) is 7.82. The molecule has 1 fully saturated rings. The van der Waals surface area contributed by atoms with Crippen LogP contribution in [0, 0.1) is 0 Å². The maximum Gasteiger partial charge on any atom is 0.119 e. The molecular formula is C21H31N3O. The Morgan fingerprint density at radius 3 is 2.88 bits per heavy atom. The van der Waals surface area contributed by atoms with Gasteiger partial charge in [-0.1, -0.05) is 6.42 Å². The van der Waals surface area contributed by atoms with Crippen molar-refractivity contribution in [2.24, 2.45) is 0 Å². The van der Waals surface area contributed by atoms with E-state index in [2.05, 4.69) is 47.2 Å². The summed E-state index contributed by atoms with van der Waals surface area (Å²) in [5.41, 5.74) is 4.37. The van der Waals surface area contributed by atoms with Crippen LogP contribution in [0.1, 0.15) is 56.8 Å². The number of rotatable bonds is 4. The molecular weight excluding hydrogens is 310 g/mol. The van der Waals surface area contributed by atoms with Gasteiger partial charge in [0.1, 0.15) is 5.75 Å². The lowest BCUT2D eigenvalue weighted by Gasteiger charge is -2.29. The summed E-state index contributed by atoms with van der Waals surface area (Å²) in [4.78, 5) is 0. The summed E-state index contributed by atoms with van der Waals surface area (Å²) >= 11 is 0. The number of benzene rings is 1. The molecule has 0 saturated carbocycles. The van der Waals surface area contributed by atoms with Gasteiger partial charge in [-0.25, -0.2) is 0 Å². The smallest absolute Gasteiger partial charge is 0.119 e. The molecule has 3 unspecified atom stereocenters. The number of hydrogen-bond acceptors (Lipinski definition) is 3. The number of nitrogens with zero attached hydrogens (tertiary/aromatic N) is 1. The van der Waals surface area contributed by atoms with Crippen molar-refractivity contribution in [3.8, 4) is 5.75 Å². The summed E-state index contributed by atoms with van der Waals surface area (Å²) in [5.74, 6) is 0.951. The number of fused-ring (bicyclic) bond motifs is 3. The normalized spacial score (nSPS) is 26.6. The van der Waals surface area contributed by atoms with Crippen LogP contribution in [-0.4, -0.2) is 30.3 Å². The molecule has 136 valence electrons. The van der Waals surface area contributed by atoms with Crippen LogP contribution in [0.15, 0.2) is 18.2 Å². The van der Waals surface area contributed by atoms with Crippen LogP contribution >= 0.6 is 0 Å². The lowest BCUT2D eigenvalue weighted by molar-refractivity contribution is 0.363. The van der Waals surface area contributed by atoms with Crippen LogP contribution < -0.4 is 15.4 Å². The van der Waals surface area contributed by atoms with E-state index in [-0.39, 0.29) is 0 Å². The Balaban J connectivity index is 1.72. The molecule has 2 aromatic rings. The van der Waals surface area contributed by atoms with Gasteiger partial charge in [-0.2, -0.15) is 0 Å². The summed E-state index contributed by atoms with van der Waals surface area (Å²) in [5, 5.41) is 8.78. The predicted molar refractivity (Wildman–Crippen MR) is 103 cm³/mol. The Morgan fingerprint density at radius 1 is 1.24 bits per heavy atom. The topological polar surface area (TPSA) is 38.2 Å². The molecule has 3 heterocycles. The predicted octanol–water partition coefficient (Wildman–Crippen LogP) is 3.78. The number of piperidine rings is 1. The van der Waals surface area contributed by atoms with Crippen LogP contribution in [0.3, 0.4) is 0 Å². The van der Waals surface area contributed by atoms with E-state index in [1.165, 1.54) is 54.4 Å². The van der Waals surface area contributed by atoms with Crippen LogP contribution in [0.5, 0.6) is 5.75 Å². The molecule has 1 aromatic heterocycles. The summed E-state index contributed by atoms with van der Waals surface area (Å²) in [6.07, 6.45) is 6.35. The Hall–Kier alpha value is -1.52. The van der Waals surface area contributed by atoms with Crippen molar-refractivity contribution in [3.63, 3.8) is 0 Å². The average Bonchev–Trinajstić information content (AvgIpc) is 2.93. The standard InChI is InChI=1S/C21H31N3O/c1-14-12-20-21(15(2)23-14)18-13-17(25-3)7-8-19(18)24(20)11-9-16-6-4-5-10-22-16/h7-8,13-16,22-23H,4-6,9-12H2,1-3H3. The van der Waals surface area contributed by atoms with Crippen molar-refractivity contribution in [1.29, 1.82) is 0 Å². The van der Waals surface area contributed by atoms with Crippen molar-refractivity contribution < 1.29 is 4.74 Å². The van der Waals surface area contributed by atoms with Crippen molar-refractivity contribution >= 4 is 10.9 Å². The summed E-state index contributed by atoms with van der Waals surface area (Å²) in [6, 6.07) is 8.17. The number of aromatic nitrogens is 1. The largest absolute Gasteiger partial charge is 0.497 e. The molecule has 0 bridgehead atoms. The lowest BCUT2D eigenvalue weighted by Crippen LogP contribution is -2.37. The molecule has 0 spiro atoms. The fraction of sp³-hybridized carbons (Fsp3) is 0.619. The zero-order valence-corrected chi connectivity index (χ0v) is 15.8. The first-order valence-electron chi connectivity index (χ1n) is 9.86. The molecule has 4 nitrogen and oxygen atoms in total. The van der Waals surface area contributed by atoms with Crippen molar-refractivity contribution in [2.45, 2.75) is 70.6 Å². The monoisotopic (exact) mass is 341 g/mol. The van der Waals surface area contributed by atoms with Gasteiger partial charge in [0.2, 0.25) is 0 Å². The van der Waals surface area contributed by atoms with E-state index in [0.29, 0.717) is 18.1 Å². The zero-order valence-electron chi connectivity index (χ0n) is 15.8. The fourth-order valence-corrected chi connectivity index (χ4v) is 4.81. The molecule has 2 aliphatic rings. The second-order valence-electron chi connectivity index (χ2n) is 7.82. The fourth-order valence-electron chi connectivity index (χ4n) is 4.81. The maximum absolute atomic E-state index is 5.49. The summed E-state index contributed by atoms with van der Waals surface area (Å²) in [6.45, 7) is 6.88. The highest BCUT2D eigenvalue weighted by Gasteiger charge is 2.28. The van der Waals surface area contributed by atoms with Crippen LogP contribution in [-0.2, 0) is 13.0 Å². The molecule has 2 N–H and O–H groups in total. The average molecular weight is 341 g/mol. The Morgan fingerprint density at radius 2 is 2.12 bits per heavy atom. The molecule has 25 heavy (non-hydrogen) atoms. The quantitative estimate of drug-likeness (QED) is 0.889. The molecule has 3 atom stereocenters. The number of nitrogens with one attached hydrogen (secondary N) is 2. The van der Waals surface area contributed by atoms with Gasteiger partial charge >= 0.3 is 0 Å². The molecule has 0 aliphatic carbocycles. The van der Waals surface area contributed by atoms with E-state index in [4.69, 9.17) is 4.74 Å². The lowest BCUT2D eigenvalue weighted by atomic mass is 9.95. The van der Waals surface area contributed by atoms with Gasteiger partial charge in [0, 0.05) is 47.7 Å². The second kappa shape index (κ2) is 7.00. The van der Waals surface area contributed by atoms with Crippen molar-refractivity contribution in [1.82, 2.24) is 15.2 Å². The molecule has 1 saturated heterocycles. The Labute approximate surface area is 150 Å². The van der Waals surface area contributed by atoms with Gasteiger partial charge in [0.25, 0.3) is 0 Å². The highest BCUT2D eigenvalue weighted by atomic mass is 16.5. The van der Waals surface area contributed by atoms with Crippen LogP contribution in [0.2, 0.25) is 0 Å².